The molecule has 0 spiro atoms. The molecular formula is C22H16BrN3O2S. The largest absolute Gasteiger partial charge is 0.493 e. The average Bonchev–Trinajstić information content (AvgIpc) is 2.76. The van der Waals surface area contributed by atoms with Gasteiger partial charge < -0.3 is 9.47 Å². The molecule has 29 heavy (non-hydrogen) atoms. The lowest BCUT2D eigenvalue weighted by molar-refractivity contribution is 0.355. The molecule has 0 saturated carbocycles. The van der Waals surface area contributed by atoms with Gasteiger partial charge in [0.2, 0.25) is 0 Å². The van der Waals surface area contributed by atoms with Gasteiger partial charge in [-0.3, -0.25) is 0 Å². The average molecular weight is 466 g/mol. The van der Waals surface area contributed by atoms with E-state index in [2.05, 4.69) is 33.1 Å². The van der Waals surface area contributed by atoms with Crippen molar-refractivity contribution < 1.29 is 9.47 Å². The van der Waals surface area contributed by atoms with Gasteiger partial charge in [-0.15, -0.1) is 0 Å². The van der Waals surface area contributed by atoms with Crippen molar-refractivity contribution in [1.29, 1.82) is 10.5 Å². The van der Waals surface area contributed by atoms with E-state index < -0.39 is 0 Å². The van der Waals surface area contributed by atoms with Gasteiger partial charge in [-0.2, -0.15) is 10.5 Å². The Bertz CT molecular complexity index is 1120. The van der Waals surface area contributed by atoms with Crippen LogP contribution in [0.25, 0.3) is 22.4 Å². The summed E-state index contributed by atoms with van der Waals surface area (Å²) in [5.41, 5.74) is 3.60. The van der Waals surface area contributed by atoms with Gasteiger partial charge in [-0.1, -0.05) is 45.9 Å². The van der Waals surface area contributed by atoms with Gasteiger partial charge in [0.15, 0.2) is 11.5 Å². The van der Waals surface area contributed by atoms with Crippen LogP contribution < -0.4 is 9.47 Å². The number of pyridine rings is 1. The fraction of sp³-hybridized carbons (Fsp3) is 0.136. The number of halogens is 1. The van der Waals surface area contributed by atoms with E-state index in [0.717, 1.165) is 26.9 Å². The van der Waals surface area contributed by atoms with Crippen LogP contribution in [0.15, 0.2) is 58.0 Å². The predicted molar refractivity (Wildman–Crippen MR) is 117 cm³/mol. The lowest BCUT2D eigenvalue weighted by atomic mass is 9.99. The monoisotopic (exact) mass is 465 g/mol. The van der Waals surface area contributed by atoms with Crippen LogP contribution in [0.3, 0.4) is 0 Å². The number of aromatic nitrogens is 1. The molecule has 144 valence electrons. The maximum Gasteiger partial charge on any atom is 0.161 e. The summed E-state index contributed by atoms with van der Waals surface area (Å²) in [4.78, 5) is 4.66. The summed E-state index contributed by atoms with van der Waals surface area (Å²) in [7, 11) is 3.15. The van der Waals surface area contributed by atoms with Gasteiger partial charge in [-0.25, -0.2) is 4.98 Å². The summed E-state index contributed by atoms with van der Waals surface area (Å²) in [5, 5.41) is 19.4. The molecule has 7 heteroatoms. The number of methoxy groups -OCH3 is 2. The van der Waals surface area contributed by atoms with Crippen LogP contribution in [0.2, 0.25) is 0 Å². The van der Waals surface area contributed by atoms with Crippen LogP contribution in [0, 0.1) is 22.7 Å². The number of hydrogen-bond donors (Lipinski definition) is 0. The lowest BCUT2D eigenvalue weighted by Crippen LogP contribution is -1.97. The smallest absolute Gasteiger partial charge is 0.161 e. The Hall–Kier alpha value is -3.00. The van der Waals surface area contributed by atoms with Crippen LogP contribution in [0.5, 0.6) is 11.5 Å². The van der Waals surface area contributed by atoms with Crippen molar-refractivity contribution in [3.8, 4) is 46.0 Å². The predicted octanol–water partition coefficient (Wildman–Crippen LogP) is 5.68. The number of ether oxygens (including phenoxy) is 2. The van der Waals surface area contributed by atoms with E-state index in [9.17, 15) is 5.26 Å². The second kappa shape index (κ2) is 9.47. The van der Waals surface area contributed by atoms with Gasteiger partial charge in [0, 0.05) is 15.6 Å². The molecule has 0 unspecified atom stereocenters. The van der Waals surface area contributed by atoms with Gasteiger partial charge in [0.25, 0.3) is 0 Å². The first kappa shape index (κ1) is 20.7. The van der Waals surface area contributed by atoms with E-state index >= 15 is 0 Å². The fourth-order valence-corrected chi connectivity index (χ4v) is 3.76. The summed E-state index contributed by atoms with van der Waals surface area (Å²) in [6.45, 7) is 0. The Morgan fingerprint density at radius 2 is 1.66 bits per heavy atom. The van der Waals surface area contributed by atoms with E-state index in [-0.39, 0.29) is 5.75 Å². The first-order chi connectivity index (χ1) is 14.1. The Labute approximate surface area is 182 Å². The number of rotatable bonds is 6. The Balaban J connectivity index is 2.24. The minimum Gasteiger partial charge on any atom is -0.493 e. The number of nitrogens with zero attached hydrogens (tertiary/aromatic N) is 3. The molecule has 5 nitrogen and oxygen atoms in total. The molecule has 3 aromatic rings. The van der Waals surface area contributed by atoms with Crippen molar-refractivity contribution in [3.63, 3.8) is 0 Å². The molecule has 0 aliphatic heterocycles. The van der Waals surface area contributed by atoms with Gasteiger partial charge >= 0.3 is 0 Å². The molecule has 0 fully saturated rings. The Morgan fingerprint density at radius 1 is 0.966 bits per heavy atom. The zero-order chi connectivity index (χ0) is 20.8. The highest BCUT2D eigenvalue weighted by Gasteiger charge is 2.17. The lowest BCUT2D eigenvalue weighted by Gasteiger charge is -2.14. The van der Waals surface area contributed by atoms with E-state index in [1.54, 1.807) is 20.3 Å². The molecule has 1 aromatic heterocycles. The topological polar surface area (TPSA) is 78.9 Å². The van der Waals surface area contributed by atoms with Crippen LogP contribution >= 0.6 is 27.7 Å². The molecule has 0 amide bonds. The van der Waals surface area contributed by atoms with E-state index in [1.165, 1.54) is 11.8 Å². The highest BCUT2D eigenvalue weighted by Crippen LogP contribution is 2.38. The molecule has 0 bridgehead atoms. The van der Waals surface area contributed by atoms with Crippen molar-refractivity contribution in [3.05, 3.63) is 58.6 Å². The molecular weight excluding hydrogens is 450 g/mol. The maximum atomic E-state index is 9.84. The number of hydrogen-bond acceptors (Lipinski definition) is 6. The molecule has 0 N–H and O–H groups in total. The van der Waals surface area contributed by atoms with Gasteiger partial charge in [0.1, 0.15) is 11.1 Å². The maximum absolute atomic E-state index is 9.84. The minimum absolute atomic E-state index is 0.205. The van der Waals surface area contributed by atoms with Crippen LogP contribution in [0.4, 0.5) is 0 Å². The van der Waals surface area contributed by atoms with Crippen LogP contribution in [0.1, 0.15) is 5.56 Å². The van der Waals surface area contributed by atoms with Crippen LogP contribution in [-0.4, -0.2) is 25.0 Å². The number of thioether (sulfide) groups is 1. The highest BCUT2D eigenvalue weighted by molar-refractivity contribution is 9.10. The number of nitriles is 2. The third-order valence-electron chi connectivity index (χ3n) is 4.21. The summed E-state index contributed by atoms with van der Waals surface area (Å²) < 4.78 is 11.7. The second-order valence-electron chi connectivity index (χ2n) is 5.87. The molecule has 1 heterocycles. The Morgan fingerprint density at radius 3 is 2.28 bits per heavy atom. The number of benzene rings is 2. The van der Waals surface area contributed by atoms with E-state index in [1.807, 2.05) is 42.5 Å². The quantitative estimate of drug-likeness (QED) is 0.435. The fourth-order valence-electron chi connectivity index (χ4n) is 2.83. The SMILES string of the molecule is COc1ccc(-c2cc(-c3ccc(Br)cc3)nc(SCC#N)c2C#N)cc1OC. The normalized spacial score (nSPS) is 10.1. The molecule has 3 rings (SSSR count). The summed E-state index contributed by atoms with van der Waals surface area (Å²) in [5.74, 6) is 1.38. The highest BCUT2D eigenvalue weighted by atomic mass is 79.9. The molecule has 0 radical (unpaired) electrons. The zero-order valence-corrected chi connectivity index (χ0v) is 18.2. The third kappa shape index (κ3) is 4.54. The summed E-state index contributed by atoms with van der Waals surface area (Å²) >= 11 is 4.69. The third-order valence-corrected chi connectivity index (χ3v) is 5.58. The van der Waals surface area contributed by atoms with Crippen molar-refractivity contribution in [2.75, 3.05) is 20.0 Å². The van der Waals surface area contributed by atoms with Gasteiger partial charge in [-0.05, 0) is 35.9 Å². The second-order valence-corrected chi connectivity index (χ2v) is 7.75. The van der Waals surface area contributed by atoms with E-state index in [4.69, 9.17) is 14.7 Å². The standard InChI is InChI=1S/C22H16BrN3O2S/c1-27-20-8-5-15(11-21(20)28-2)17-12-19(14-3-6-16(23)7-4-14)26-22(18(17)13-25)29-10-9-24/h3-8,11-12H,10H2,1-2H3. The molecule has 0 atom stereocenters. The first-order valence-corrected chi connectivity index (χ1v) is 10.3. The van der Waals surface area contributed by atoms with Crippen molar-refractivity contribution in [1.82, 2.24) is 4.98 Å². The first-order valence-electron chi connectivity index (χ1n) is 8.54. The van der Waals surface area contributed by atoms with Crippen molar-refractivity contribution in [2.45, 2.75) is 5.03 Å². The zero-order valence-electron chi connectivity index (χ0n) is 15.8. The minimum atomic E-state index is 0.205. The summed E-state index contributed by atoms with van der Waals surface area (Å²) in [6.07, 6.45) is 0. The summed E-state index contributed by atoms with van der Waals surface area (Å²) in [6, 6.07) is 19.5. The van der Waals surface area contributed by atoms with Crippen molar-refractivity contribution >= 4 is 27.7 Å². The van der Waals surface area contributed by atoms with Crippen LogP contribution in [-0.2, 0) is 0 Å². The van der Waals surface area contributed by atoms with Crippen molar-refractivity contribution in [2.24, 2.45) is 0 Å². The molecule has 0 aliphatic carbocycles. The van der Waals surface area contributed by atoms with E-state index in [0.29, 0.717) is 22.1 Å². The molecule has 2 aromatic carbocycles. The Kier molecular flexibility index (Phi) is 6.77. The van der Waals surface area contributed by atoms with Gasteiger partial charge in [0.05, 0.1) is 37.3 Å². The molecule has 0 aliphatic rings. The molecule has 0 saturated heterocycles.